The lowest BCUT2D eigenvalue weighted by Crippen LogP contribution is -2.18. The van der Waals surface area contributed by atoms with Crippen molar-refractivity contribution >= 4 is 11.3 Å². The zero-order valence-corrected chi connectivity index (χ0v) is 7.86. The minimum atomic E-state index is -2.21. The van der Waals surface area contributed by atoms with E-state index in [1.54, 1.807) is 11.3 Å². The summed E-state index contributed by atoms with van der Waals surface area (Å²) in [6, 6.07) is 1.94. The van der Waals surface area contributed by atoms with Gasteiger partial charge in [-0.3, -0.25) is 0 Å². The highest BCUT2D eigenvalue weighted by Gasteiger charge is 2.34. The van der Waals surface area contributed by atoms with Crippen molar-refractivity contribution < 1.29 is 8.78 Å². The van der Waals surface area contributed by atoms with E-state index in [1.165, 1.54) is 0 Å². The molecule has 1 aliphatic rings. The molecule has 1 nitrogen and oxygen atoms in total. The molecule has 0 aliphatic carbocycles. The Morgan fingerprint density at radius 2 is 2.31 bits per heavy atom. The van der Waals surface area contributed by atoms with Gasteiger partial charge in [0.25, 0.3) is 0 Å². The number of thiophene rings is 1. The highest BCUT2D eigenvalue weighted by Crippen LogP contribution is 2.33. The molecule has 4 heteroatoms. The van der Waals surface area contributed by atoms with Gasteiger partial charge in [0.1, 0.15) is 0 Å². The molecule has 72 valence electrons. The second-order valence-corrected chi connectivity index (χ2v) is 4.10. The van der Waals surface area contributed by atoms with Crippen LogP contribution >= 0.6 is 11.3 Å². The number of hydrogen-bond donors (Lipinski definition) is 1. The lowest BCUT2D eigenvalue weighted by Gasteiger charge is -2.15. The van der Waals surface area contributed by atoms with Crippen LogP contribution < -0.4 is 5.32 Å². The minimum absolute atomic E-state index is 0.00579. The quantitative estimate of drug-likeness (QED) is 0.777. The zero-order valence-electron chi connectivity index (χ0n) is 7.04. The number of rotatable bonds is 2. The van der Waals surface area contributed by atoms with Crippen molar-refractivity contribution in [2.45, 2.75) is 12.3 Å². The Balaban J connectivity index is 2.14. The average Bonchev–Trinajstić information content (AvgIpc) is 2.74. The number of alkyl halides is 2. The molecule has 1 fully saturated rings. The maximum atomic E-state index is 12.5. The van der Waals surface area contributed by atoms with E-state index < -0.39 is 12.3 Å². The Hall–Kier alpha value is -0.480. The summed E-state index contributed by atoms with van der Waals surface area (Å²) in [5.74, 6) is -0.499. The Morgan fingerprint density at radius 3 is 2.92 bits per heavy atom. The van der Waals surface area contributed by atoms with Crippen molar-refractivity contribution in [2.24, 2.45) is 5.92 Å². The van der Waals surface area contributed by atoms with Crippen LogP contribution in [0.2, 0.25) is 0 Å². The first-order valence-electron chi connectivity index (χ1n) is 4.30. The summed E-state index contributed by atoms with van der Waals surface area (Å²) in [5, 5.41) is 6.92. The van der Waals surface area contributed by atoms with Crippen LogP contribution in [-0.4, -0.2) is 19.5 Å². The van der Waals surface area contributed by atoms with Gasteiger partial charge in [-0.05, 0) is 22.4 Å². The Labute approximate surface area is 79.8 Å². The van der Waals surface area contributed by atoms with Crippen LogP contribution in [0.1, 0.15) is 11.5 Å². The Kier molecular flexibility index (Phi) is 2.60. The average molecular weight is 203 g/mol. The number of nitrogens with one attached hydrogen (secondary N) is 1. The Bertz CT molecular complexity index is 261. The van der Waals surface area contributed by atoms with Crippen molar-refractivity contribution in [3.63, 3.8) is 0 Å². The summed E-state index contributed by atoms with van der Waals surface area (Å²) >= 11 is 1.57. The molecular weight excluding hydrogens is 192 g/mol. The van der Waals surface area contributed by atoms with Gasteiger partial charge in [0.2, 0.25) is 6.43 Å². The van der Waals surface area contributed by atoms with E-state index >= 15 is 0 Å². The van der Waals surface area contributed by atoms with E-state index in [-0.39, 0.29) is 5.92 Å². The topological polar surface area (TPSA) is 12.0 Å². The van der Waals surface area contributed by atoms with E-state index in [9.17, 15) is 8.78 Å². The molecule has 1 N–H and O–H groups in total. The second kappa shape index (κ2) is 3.72. The maximum absolute atomic E-state index is 12.5. The van der Waals surface area contributed by atoms with Crippen LogP contribution in [0.25, 0.3) is 0 Å². The lowest BCUT2D eigenvalue weighted by molar-refractivity contribution is 0.0788. The van der Waals surface area contributed by atoms with Gasteiger partial charge in [-0.15, -0.1) is 0 Å². The molecule has 1 aliphatic heterocycles. The van der Waals surface area contributed by atoms with Crippen LogP contribution in [0.3, 0.4) is 0 Å². The van der Waals surface area contributed by atoms with Crippen LogP contribution in [0.15, 0.2) is 16.8 Å². The van der Waals surface area contributed by atoms with Gasteiger partial charge >= 0.3 is 0 Å². The zero-order chi connectivity index (χ0) is 9.26. The molecule has 0 saturated carbocycles. The van der Waals surface area contributed by atoms with Gasteiger partial charge in [0.15, 0.2) is 0 Å². The highest BCUT2D eigenvalue weighted by atomic mass is 32.1. The van der Waals surface area contributed by atoms with E-state index in [1.807, 2.05) is 16.8 Å². The number of halogens is 2. The third-order valence-corrected chi connectivity index (χ3v) is 3.26. The smallest absolute Gasteiger partial charge is 0.243 e. The predicted octanol–water partition coefficient (Wildman–Crippen LogP) is 2.32. The molecule has 2 atom stereocenters. The van der Waals surface area contributed by atoms with Crippen LogP contribution in [0.5, 0.6) is 0 Å². The molecule has 2 heterocycles. The van der Waals surface area contributed by atoms with Gasteiger partial charge in [0, 0.05) is 24.9 Å². The standard InChI is InChI=1S/C9H11F2NS/c10-9(11)8-4-12-3-7(8)6-1-2-13-5-6/h1-2,5,7-9,12H,3-4H2. The van der Waals surface area contributed by atoms with E-state index in [0.717, 1.165) is 5.56 Å². The van der Waals surface area contributed by atoms with E-state index in [2.05, 4.69) is 5.32 Å². The van der Waals surface area contributed by atoms with Crippen LogP contribution in [0.4, 0.5) is 8.78 Å². The van der Waals surface area contributed by atoms with Crippen molar-refractivity contribution in [3.8, 4) is 0 Å². The molecule has 13 heavy (non-hydrogen) atoms. The third-order valence-electron chi connectivity index (χ3n) is 2.56. The third kappa shape index (κ3) is 1.74. The van der Waals surface area contributed by atoms with Crippen molar-refractivity contribution in [1.29, 1.82) is 0 Å². The molecule has 2 rings (SSSR count). The summed E-state index contributed by atoms with van der Waals surface area (Å²) < 4.78 is 25.1. The molecular formula is C9H11F2NS. The first-order valence-corrected chi connectivity index (χ1v) is 5.24. The monoisotopic (exact) mass is 203 g/mol. The molecule has 0 bridgehead atoms. The van der Waals surface area contributed by atoms with Crippen molar-refractivity contribution in [1.82, 2.24) is 5.32 Å². The van der Waals surface area contributed by atoms with E-state index in [4.69, 9.17) is 0 Å². The second-order valence-electron chi connectivity index (χ2n) is 3.32. The van der Waals surface area contributed by atoms with Crippen molar-refractivity contribution in [2.75, 3.05) is 13.1 Å². The lowest BCUT2D eigenvalue weighted by atomic mass is 9.91. The first-order chi connectivity index (χ1) is 6.29. The summed E-state index contributed by atoms with van der Waals surface area (Å²) in [7, 11) is 0. The maximum Gasteiger partial charge on any atom is 0.243 e. The fourth-order valence-corrected chi connectivity index (χ4v) is 2.54. The Morgan fingerprint density at radius 1 is 1.46 bits per heavy atom. The molecule has 1 aromatic heterocycles. The van der Waals surface area contributed by atoms with Crippen LogP contribution in [-0.2, 0) is 0 Å². The van der Waals surface area contributed by atoms with E-state index in [0.29, 0.717) is 13.1 Å². The predicted molar refractivity (Wildman–Crippen MR) is 49.4 cm³/mol. The largest absolute Gasteiger partial charge is 0.316 e. The fourth-order valence-electron chi connectivity index (χ4n) is 1.81. The van der Waals surface area contributed by atoms with Gasteiger partial charge in [-0.2, -0.15) is 11.3 Å². The van der Waals surface area contributed by atoms with Gasteiger partial charge < -0.3 is 5.32 Å². The van der Waals surface area contributed by atoms with Gasteiger partial charge in [-0.25, -0.2) is 8.78 Å². The molecule has 0 aromatic carbocycles. The highest BCUT2D eigenvalue weighted by molar-refractivity contribution is 7.07. The summed E-state index contributed by atoms with van der Waals surface area (Å²) in [6.45, 7) is 1.13. The molecule has 0 spiro atoms. The first kappa shape index (κ1) is 9.09. The molecule has 0 radical (unpaired) electrons. The van der Waals surface area contributed by atoms with Gasteiger partial charge in [0.05, 0.1) is 0 Å². The molecule has 0 amide bonds. The minimum Gasteiger partial charge on any atom is -0.316 e. The number of hydrogen-bond acceptors (Lipinski definition) is 2. The summed E-state index contributed by atoms with van der Waals surface area (Å²) in [4.78, 5) is 0. The fraction of sp³-hybridized carbons (Fsp3) is 0.556. The normalized spacial score (nSPS) is 28.5. The summed E-state index contributed by atoms with van der Waals surface area (Å²) in [5.41, 5.74) is 1.06. The summed E-state index contributed by atoms with van der Waals surface area (Å²) in [6.07, 6.45) is -2.21. The molecule has 1 saturated heterocycles. The van der Waals surface area contributed by atoms with Crippen LogP contribution in [0, 0.1) is 5.92 Å². The van der Waals surface area contributed by atoms with Crippen molar-refractivity contribution in [3.05, 3.63) is 22.4 Å². The molecule has 2 unspecified atom stereocenters. The SMILES string of the molecule is FC(F)C1CNCC1c1ccsc1. The van der Waals surface area contributed by atoms with Gasteiger partial charge in [-0.1, -0.05) is 0 Å². The molecule has 1 aromatic rings.